The van der Waals surface area contributed by atoms with E-state index in [9.17, 15) is 18.0 Å². The monoisotopic (exact) mass is 305 g/mol. The van der Waals surface area contributed by atoms with E-state index in [1.807, 2.05) is 0 Å². The minimum absolute atomic E-state index is 0.0248. The third-order valence-electron chi connectivity index (χ3n) is 2.88. The number of hydrogen-bond donors (Lipinski definition) is 1. The Labute approximate surface area is 118 Å². The number of aliphatic carboxylic acids is 1. The highest BCUT2D eigenvalue weighted by molar-refractivity contribution is 7.12. The molecule has 0 atom stereocenters. The highest BCUT2D eigenvalue weighted by atomic mass is 32.1. The Morgan fingerprint density at radius 1 is 1.45 bits per heavy atom. The lowest BCUT2D eigenvalue weighted by molar-refractivity contribution is -0.148. The predicted octanol–water partition coefficient (Wildman–Crippen LogP) is 3.37. The first kappa shape index (κ1) is 15.1. The summed E-state index contributed by atoms with van der Waals surface area (Å²) in [5.74, 6) is -1.04. The number of nitrogens with zero attached hydrogens (tertiary/aromatic N) is 1. The Morgan fingerprint density at radius 2 is 2.15 bits per heavy atom. The summed E-state index contributed by atoms with van der Waals surface area (Å²) in [6, 6.07) is 3.49. The quantitative estimate of drug-likeness (QED) is 0.819. The summed E-state index contributed by atoms with van der Waals surface area (Å²) < 4.78 is 37.5. The van der Waals surface area contributed by atoms with Crippen LogP contribution in [0, 0.1) is 0 Å². The van der Waals surface area contributed by atoms with Gasteiger partial charge in [-0.25, -0.2) is 4.79 Å². The highest BCUT2D eigenvalue weighted by Gasteiger charge is 2.38. The van der Waals surface area contributed by atoms with E-state index in [2.05, 4.69) is 0 Å². The van der Waals surface area contributed by atoms with Crippen molar-refractivity contribution in [3.8, 4) is 0 Å². The average molecular weight is 305 g/mol. The van der Waals surface area contributed by atoms with Gasteiger partial charge in [-0.15, -0.1) is 11.3 Å². The molecular formula is C13H14F3NO2S. The summed E-state index contributed by atoms with van der Waals surface area (Å²) in [6.45, 7) is -0.633. The molecule has 1 N–H and O–H groups in total. The maximum absolute atomic E-state index is 12.5. The van der Waals surface area contributed by atoms with Gasteiger partial charge in [-0.1, -0.05) is 0 Å². The topological polar surface area (TPSA) is 40.5 Å². The van der Waals surface area contributed by atoms with E-state index in [0.29, 0.717) is 0 Å². The zero-order chi connectivity index (χ0) is 14.8. The van der Waals surface area contributed by atoms with Crippen LogP contribution in [-0.2, 0) is 11.3 Å². The molecule has 2 rings (SSSR count). The fourth-order valence-electron chi connectivity index (χ4n) is 1.91. The van der Waals surface area contributed by atoms with Crippen LogP contribution in [0.3, 0.4) is 0 Å². The molecule has 1 aromatic rings. The number of thiophene rings is 1. The zero-order valence-electron chi connectivity index (χ0n) is 10.6. The van der Waals surface area contributed by atoms with Crippen molar-refractivity contribution in [2.45, 2.75) is 31.6 Å². The lowest BCUT2D eigenvalue weighted by Crippen LogP contribution is -2.35. The molecule has 110 valence electrons. The van der Waals surface area contributed by atoms with E-state index in [-0.39, 0.29) is 12.6 Å². The summed E-state index contributed by atoms with van der Waals surface area (Å²) in [4.78, 5) is 13.4. The summed E-state index contributed by atoms with van der Waals surface area (Å²) in [5, 5.41) is 8.52. The van der Waals surface area contributed by atoms with Crippen molar-refractivity contribution in [3.63, 3.8) is 0 Å². The van der Waals surface area contributed by atoms with Gasteiger partial charge in [0.15, 0.2) is 0 Å². The van der Waals surface area contributed by atoms with Crippen LogP contribution < -0.4 is 0 Å². The van der Waals surface area contributed by atoms with Gasteiger partial charge in [0, 0.05) is 28.4 Å². The van der Waals surface area contributed by atoms with Crippen LogP contribution in [-0.4, -0.2) is 34.7 Å². The second-order valence-corrected chi connectivity index (χ2v) is 5.93. The van der Waals surface area contributed by atoms with Crippen LogP contribution >= 0.6 is 11.3 Å². The van der Waals surface area contributed by atoms with E-state index >= 15 is 0 Å². The van der Waals surface area contributed by atoms with Crippen LogP contribution in [0.15, 0.2) is 18.2 Å². The third kappa shape index (κ3) is 4.97. The molecule has 0 radical (unpaired) electrons. The Hall–Kier alpha value is -1.34. The molecular weight excluding hydrogens is 291 g/mol. The molecule has 0 saturated heterocycles. The minimum Gasteiger partial charge on any atom is -0.478 e. The molecule has 0 aliphatic heterocycles. The van der Waals surface area contributed by atoms with Crippen LogP contribution in [0.25, 0.3) is 6.08 Å². The Morgan fingerprint density at radius 3 is 2.70 bits per heavy atom. The second kappa shape index (κ2) is 5.97. The van der Waals surface area contributed by atoms with Crippen LogP contribution in [0.2, 0.25) is 0 Å². The molecule has 3 nitrogen and oxygen atoms in total. The van der Waals surface area contributed by atoms with Gasteiger partial charge in [0.1, 0.15) is 0 Å². The molecule has 0 aromatic carbocycles. The van der Waals surface area contributed by atoms with Crippen molar-refractivity contribution >= 4 is 23.4 Å². The molecule has 0 spiro atoms. The van der Waals surface area contributed by atoms with Gasteiger partial charge < -0.3 is 5.11 Å². The molecule has 1 heterocycles. The zero-order valence-corrected chi connectivity index (χ0v) is 11.4. The molecule has 7 heteroatoms. The van der Waals surface area contributed by atoms with E-state index in [4.69, 9.17) is 5.11 Å². The van der Waals surface area contributed by atoms with E-state index < -0.39 is 18.7 Å². The number of hydrogen-bond acceptors (Lipinski definition) is 3. The molecule has 1 fully saturated rings. The lowest BCUT2D eigenvalue weighted by atomic mass is 10.3. The summed E-state index contributed by atoms with van der Waals surface area (Å²) in [6.07, 6.45) is -0.0991. The highest BCUT2D eigenvalue weighted by Crippen LogP contribution is 2.32. The largest absolute Gasteiger partial charge is 0.478 e. The van der Waals surface area contributed by atoms with Crippen molar-refractivity contribution in [3.05, 3.63) is 28.0 Å². The summed E-state index contributed by atoms with van der Waals surface area (Å²) in [7, 11) is 0. The van der Waals surface area contributed by atoms with Gasteiger partial charge in [-0.3, -0.25) is 4.90 Å². The van der Waals surface area contributed by atoms with Crippen molar-refractivity contribution in [1.29, 1.82) is 0 Å². The molecule has 0 bridgehead atoms. The minimum atomic E-state index is -4.19. The molecule has 20 heavy (non-hydrogen) atoms. The molecule has 1 saturated carbocycles. The maximum Gasteiger partial charge on any atom is 0.401 e. The fraction of sp³-hybridized carbons (Fsp3) is 0.462. The first-order valence-corrected chi connectivity index (χ1v) is 6.96. The van der Waals surface area contributed by atoms with Crippen molar-refractivity contribution in [1.82, 2.24) is 4.90 Å². The van der Waals surface area contributed by atoms with Crippen molar-refractivity contribution in [2.24, 2.45) is 0 Å². The van der Waals surface area contributed by atoms with Crippen molar-refractivity contribution < 1.29 is 23.1 Å². The molecule has 0 unspecified atom stereocenters. The third-order valence-corrected chi connectivity index (χ3v) is 3.91. The summed E-state index contributed by atoms with van der Waals surface area (Å²) >= 11 is 1.32. The number of carbonyl (C=O) groups is 1. The maximum atomic E-state index is 12.5. The SMILES string of the molecule is O=C(O)C=Cc1ccc(CN(CC(F)(F)F)C2CC2)s1. The van der Waals surface area contributed by atoms with Crippen LogP contribution in [0.5, 0.6) is 0 Å². The van der Waals surface area contributed by atoms with Crippen molar-refractivity contribution in [2.75, 3.05) is 6.54 Å². The summed E-state index contributed by atoms with van der Waals surface area (Å²) in [5.41, 5.74) is 0. The average Bonchev–Trinajstić information content (AvgIpc) is 3.06. The molecule has 1 aromatic heterocycles. The lowest BCUT2D eigenvalue weighted by Gasteiger charge is -2.22. The second-order valence-electron chi connectivity index (χ2n) is 4.73. The smallest absolute Gasteiger partial charge is 0.401 e. The number of halogens is 3. The predicted molar refractivity (Wildman–Crippen MR) is 70.5 cm³/mol. The van der Waals surface area contributed by atoms with Gasteiger partial charge in [-0.05, 0) is 31.1 Å². The number of rotatable bonds is 6. The number of carboxylic acids is 1. The van der Waals surface area contributed by atoms with Gasteiger partial charge in [0.05, 0.1) is 6.54 Å². The van der Waals surface area contributed by atoms with E-state index in [0.717, 1.165) is 28.7 Å². The van der Waals surface area contributed by atoms with E-state index in [1.165, 1.54) is 22.3 Å². The van der Waals surface area contributed by atoms with Gasteiger partial charge in [-0.2, -0.15) is 13.2 Å². The fourth-order valence-corrected chi connectivity index (χ4v) is 2.85. The first-order chi connectivity index (χ1) is 9.33. The van der Waals surface area contributed by atoms with E-state index in [1.54, 1.807) is 12.1 Å². The number of carboxylic acid groups (broad SMARTS) is 1. The van der Waals surface area contributed by atoms with Crippen LogP contribution in [0.4, 0.5) is 13.2 Å². The normalized spacial score (nSPS) is 16.2. The molecule has 0 amide bonds. The van der Waals surface area contributed by atoms with Crippen LogP contribution in [0.1, 0.15) is 22.6 Å². The number of alkyl halides is 3. The van der Waals surface area contributed by atoms with Gasteiger partial charge in [0.2, 0.25) is 0 Å². The van der Waals surface area contributed by atoms with Gasteiger partial charge >= 0.3 is 12.1 Å². The standard InChI is InChI=1S/C13H14F3NO2S/c14-13(15,16)8-17(9-1-2-9)7-11-4-3-10(20-11)5-6-12(18)19/h3-6,9H,1-2,7-8H2,(H,18,19). The molecule has 1 aliphatic carbocycles. The Kier molecular flexibility index (Phi) is 4.49. The van der Waals surface area contributed by atoms with Gasteiger partial charge in [0.25, 0.3) is 0 Å². The Balaban J connectivity index is 1.98. The molecule has 1 aliphatic rings. The Bertz CT molecular complexity index is 506. The first-order valence-electron chi connectivity index (χ1n) is 6.14.